The quantitative estimate of drug-likeness (QED) is 0.266. The molecule has 0 aliphatic heterocycles. The first-order valence-corrected chi connectivity index (χ1v) is 8.85. The Hall–Kier alpha value is -5.01. The second kappa shape index (κ2) is 7.26. The first-order valence-electron chi connectivity index (χ1n) is 8.85. The van der Waals surface area contributed by atoms with Gasteiger partial charge in [0.05, 0.1) is 33.2 Å². The molecule has 0 saturated carbocycles. The summed E-state index contributed by atoms with van der Waals surface area (Å²) in [4.78, 5) is 11.1. The van der Waals surface area contributed by atoms with Crippen LogP contribution in [-0.4, -0.2) is 15.0 Å². The minimum absolute atomic E-state index is 0.117. The molecule has 3 aromatic heterocycles. The summed E-state index contributed by atoms with van der Waals surface area (Å²) in [5.74, 6) is 0. The summed E-state index contributed by atoms with van der Waals surface area (Å²) in [5.41, 5.74) is -7.08. The summed E-state index contributed by atoms with van der Waals surface area (Å²) in [6.45, 7) is 0. The number of hydrogen-bond acceptors (Lipinski definition) is 7. The van der Waals surface area contributed by atoms with Crippen LogP contribution in [0.4, 0.5) is 26.3 Å². The van der Waals surface area contributed by atoms with E-state index in [1.165, 1.54) is 0 Å². The number of benzene rings is 1. The van der Waals surface area contributed by atoms with Gasteiger partial charge >= 0.3 is 12.4 Å². The lowest BCUT2D eigenvalue weighted by Crippen LogP contribution is -2.18. The zero-order chi connectivity index (χ0) is 25.0. The second-order valence-electron chi connectivity index (χ2n) is 6.78. The van der Waals surface area contributed by atoms with Crippen molar-refractivity contribution < 1.29 is 26.3 Å². The summed E-state index contributed by atoms with van der Waals surface area (Å²) < 4.78 is 81.3. The Morgan fingerprint density at radius 1 is 0.559 bits per heavy atom. The fourth-order valence-electron chi connectivity index (χ4n) is 3.47. The third-order valence-electron chi connectivity index (χ3n) is 4.86. The van der Waals surface area contributed by atoms with E-state index < -0.39 is 45.9 Å². The summed E-state index contributed by atoms with van der Waals surface area (Å²) in [6, 6.07) is 8.85. The third kappa shape index (κ3) is 3.24. The Bertz CT molecular complexity index is 1600. The number of hydrogen-bond donors (Lipinski definition) is 0. The fraction of sp³-hybridized carbons (Fsp3) is 0.0952. The molecule has 0 aliphatic rings. The Kier molecular flexibility index (Phi) is 4.74. The van der Waals surface area contributed by atoms with Crippen LogP contribution in [0.5, 0.6) is 0 Å². The van der Waals surface area contributed by atoms with E-state index in [9.17, 15) is 47.4 Å². The van der Waals surface area contributed by atoms with Crippen LogP contribution in [0.3, 0.4) is 0 Å². The number of halogens is 6. The predicted octanol–water partition coefficient (Wildman–Crippen LogP) is 4.86. The van der Waals surface area contributed by atoms with E-state index in [1.807, 2.05) is 0 Å². The molecular formula is C21H3F6N7. The van der Waals surface area contributed by atoms with E-state index in [1.54, 1.807) is 24.3 Å². The van der Waals surface area contributed by atoms with Gasteiger partial charge in [0, 0.05) is 16.2 Å². The van der Waals surface area contributed by atoms with Gasteiger partial charge < -0.3 is 0 Å². The Morgan fingerprint density at radius 2 is 0.971 bits per heavy atom. The Morgan fingerprint density at radius 3 is 1.32 bits per heavy atom. The molecule has 0 saturated heterocycles. The van der Waals surface area contributed by atoms with Crippen LogP contribution in [0.1, 0.15) is 33.8 Å². The van der Waals surface area contributed by atoms with Gasteiger partial charge in [-0.15, -0.1) is 0 Å². The monoisotopic (exact) mass is 467 g/mol. The lowest BCUT2D eigenvalue weighted by molar-refractivity contribution is -0.164. The van der Waals surface area contributed by atoms with Crippen molar-refractivity contribution in [2.24, 2.45) is 0 Å². The average Bonchev–Trinajstić information content (AvgIpc) is 2.80. The summed E-state index contributed by atoms with van der Waals surface area (Å²) >= 11 is 0. The van der Waals surface area contributed by atoms with Crippen LogP contribution in [0.25, 0.3) is 32.7 Å². The standard InChI is InChI=1S/C21H3F6N7/c22-20(23,24)13-3-12-17-10(1-8(4-28)15(7-31)33-17)16-11(2-9(5-29)14(6-30)32-16)18(12)34-19(13)21(25,26)27/h1-3H. The van der Waals surface area contributed by atoms with Crippen molar-refractivity contribution in [2.45, 2.75) is 12.4 Å². The van der Waals surface area contributed by atoms with Crippen molar-refractivity contribution >= 4 is 32.7 Å². The molecule has 0 atom stereocenters. The fourth-order valence-corrected chi connectivity index (χ4v) is 3.47. The van der Waals surface area contributed by atoms with Crippen LogP contribution in [0.15, 0.2) is 18.2 Å². The van der Waals surface area contributed by atoms with Gasteiger partial charge in [-0.3, -0.25) is 0 Å². The van der Waals surface area contributed by atoms with Crippen LogP contribution < -0.4 is 0 Å². The SMILES string of the molecule is N#Cc1cc2c(nc1C#N)c1cc(C#N)c(C#N)nc1c1cc(C(F)(F)F)c(C(F)(F)F)nc21. The van der Waals surface area contributed by atoms with Gasteiger partial charge in [-0.25, -0.2) is 15.0 Å². The molecule has 0 bridgehead atoms. The smallest absolute Gasteiger partial charge is 0.242 e. The molecule has 0 radical (unpaired) electrons. The van der Waals surface area contributed by atoms with Crippen molar-refractivity contribution in [1.29, 1.82) is 21.0 Å². The molecule has 0 amide bonds. The molecule has 3 heterocycles. The van der Waals surface area contributed by atoms with E-state index in [-0.39, 0.29) is 39.0 Å². The van der Waals surface area contributed by atoms with Crippen LogP contribution in [-0.2, 0) is 12.4 Å². The molecule has 0 fully saturated rings. The number of rotatable bonds is 0. The molecular weight excluding hydrogens is 464 g/mol. The maximum atomic E-state index is 13.6. The third-order valence-corrected chi connectivity index (χ3v) is 4.86. The summed E-state index contributed by atoms with van der Waals surface area (Å²) in [5, 5.41) is 36.3. The van der Waals surface area contributed by atoms with E-state index in [0.717, 1.165) is 12.1 Å². The van der Waals surface area contributed by atoms with Crippen molar-refractivity contribution in [3.63, 3.8) is 0 Å². The summed E-state index contributed by atoms with van der Waals surface area (Å²) in [7, 11) is 0. The van der Waals surface area contributed by atoms with E-state index in [2.05, 4.69) is 15.0 Å². The molecule has 34 heavy (non-hydrogen) atoms. The molecule has 164 valence electrons. The first-order chi connectivity index (χ1) is 15.9. The number of alkyl halides is 6. The van der Waals surface area contributed by atoms with E-state index in [4.69, 9.17) is 0 Å². The highest BCUT2D eigenvalue weighted by Crippen LogP contribution is 2.43. The highest BCUT2D eigenvalue weighted by molar-refractivity contribution is 6.22. The molecule has 0 aliphatic carbocycles. The molecule has 4 aromatic rings. The Labute approximate surface area is 184 Å². The maximum absolute atomic E-state index is 13.6. The molecule has 0 N–H and O–H groups in total. The van der Waals surface area contributed by atoms with Crippen LogP contribution >= 0.6 is 0 Å². The average molecular weight is 467 g/mol. The van der Waals surface area contributed by atoms with Crippen LogP contribution in [0.2, 0.25) is 0 Å². The lowest BCUT2D eigenvalue weighted by Gasteiger charge is -2.17. The van der Waals surface area contributed by atoms with Crippen molar-refractivity contribution in [1.82, 2.24) is 15.0 Å². The molecule has 0 spiro atoms. The highest BCUT2D eigenvalue weighted by atomic mass is 19.4. The predicted molar refractivity (Wildman–Crippen MR) is 101 cm³/mol. The maximum Gasteiger partial charge on any atom is 0.433 e. The van der Waals surface area contributed by atoms with Gasteiger partial charge in [0.2, 0.25) is 0 Å². The largest absolute Gasteiger partial charge is 0.433 e. The molecule has 4 rings (SSSR count). The van der Waals surface area contributed by atoms with Gasteiger partial charge in [0.1, 0.15) is 24.3 Å². The number of fused-ring (bicyclic) bond motifs is 6. The topological polar surface area (TPSA) is 134 Å². The zero-order valence-electron chi connectivity index (χ0n) is 16.1. The number of nitriles is 4. The first kappa shape index (κ1) is 22.2. The van der Waals surface area contributed by atoms with E-state index >= 15 is 0 Å². The van der Waals surface area contributed by atoms with Gasteiger partial charge in [0.25, 0.3) is 0 Å². The highest BCUT2D eigenvalue weighted by Gasteiger charge is 2.45. The normalized spacial score (nSPS) is 11.7. The molecule has 1 aromatic carbocycles. The van der Waals surface area contributed by atoms with Gasteiger partial charge in [0.15, 0.2) is 17.1 Å². The molecule has 13 heteroatoms. The van der Waals surface area contributed by atoms with Gasteiger partial charge in [-0.05, 0) is 18.2 Å². The van der Waals surface area contributed by atoms with Gasteiger partial charge in [-0.2, -0.15) is 47.4 Å². The molecule has 0 unspecified atom stereocenters. The summed E-state index contributed by atoms with van der Waals surface area (Å²) in [6.07, 6.45) is -10.9. The van der Waals surface area contributed by atoms with Crippen molar-refractivity contribution in [3.05, 3.63) is 52.0 Å². The molecule has 7 nitrogen and oxygen atoms in total. The number of pyridine rings is 3. The second-order valence-corrected chi connectivity index (χ2v) is 6.78. The minimum Gasteiger partial charge on any atom is -0.242 e. The van der Waals surface area contributed by atoms with Crippen molar-refractivity contribution in [3.8, 4) is 24.3 Å². The number of nitrogens with zero attached hydrogens (tertiary/aromatic N) is 7. The Balaban J connectivity index is 2.41. The minimum atomic E-state index is -5.49. The van der Waals surface area contributed by atoms with Crippen LogP contribution in [0, 0.1) is 45.3 Å². The zero-order valence-corrected chi connectivity index (χ0v) is 16.1. The van der Waals surface area contributed by atoms with Crippen molar-refractivity contribution in [2.75, 3.05) is 0 Å². The van der Waals surface area contributed by atoms with Gasteiger partial charge in [-0.1, -0.05) is 0 Å². The number of aromatic nitrogens is 3. The lowest BCUT2D eigenvalue weighted by atomic mass is 9.98. The van der Waals surface area contributed by atoms with E-state index in [0.29, 0.717) is 0 Å².